The minimum Gasteiger partial charge on any atom is -0.478 e. The van der Waals surface area contributed by atoms with Crippen LogP contribution in [0.1, 0.15) is 112 Å². The molecule has 9 nitrogen and oxygen atoms in total. The molecule has 0 aliphatic heterocycles. The topological polar surface area (TPSA) is 136 Å². The van der Waals surface area contributed by atoms with Gasteiger partial charge in [-0.1, -0.05) is 20.8 Å². The van der Waals surface area contributed by atoms with Crippen molar-refractivity contribution in [3.63, 3.8) is 0 Å². The number of aliphatic hydroxyl groups is 1. The van der Waals surface area contributed by atoms with E-state index in [9.17, 15) is 82.1 Å². The van der Waals surface area contributed by atoms with Crippen LogP contribution in [0.5, 0.6) is 5.75 Å². The normalized spacial score (nSPS) is 13.4. The van der Waals surface area contributed by atoms with Gasteiger partial charge in [-0.05, 0) is 132 Å². The quantitative estimate of drug-likeness (QED) is 0.0761. The van der Waals surface area contributed by atoms with Crippen LogP contribution in [0.15, 0.2) is 12.1 Å². The van der Waals surface area contributed by atoms with Gasteiger partial charge in [0.15, 0.2) is 18.0 Å². The van der Waals surface area contributed by atoms with Crippen LogP contribution >= 0.6 is 45.2 Å². The molecule has 2 N–H and O–H groups in total. The zero-order chi connectivity index (χ0) is 47.8. The van der Waals surface area contributed by atoms with E-state index in [1.807, 2.05) is 52.1 Å². The van der Waals surface area contributed by atoms with Crippen molar-refractivity contribution in [1.29, 1.82) is 0 Å². The zero-order valence-electron chi connectivity index (χ0n) is 33.8. The van der Waals surface area contributed by atoms with Gasteiger partial charge in [-0.25, -0.2) is 31.1 Å². The number of carbonyl (C=O) groups is 4. The Kier molecular flexibility index (Phi) is 21.1. The highest BCUT2D eigenvalue weighted by Crippen LogP contribution is 2.51. The molecule has 0 unspecified atom stereocenters. The second kappa shape index (κ2) is 21.2. The molecule has 23 heteroatoms. The Hall–Kier alpha value is -2.32. The van der Waals surface area contributed by atoms with Crippen LogP contribution < -0.4 is 4.74 Å². The molecule has 0 saturated carbocycles. The molecule has 344 valence electrons. The molecule has 59 heavy (non-hydrogen) atoms. The fourth-order valence-electron chi connectivity index (χ4n) is 3.61. The highest BCUT2D eigenvalue weighted by molar-refractivity contribution is 14.1. The third-order valence-electron chi connectivity index (χ3n) is 9.01. The third kappa shape index (κ3) is 16.5. The van der Waals surface area contributed by atoms with E-state index in [4.69, 9.17) is 4.74 Å². The molecule has 0 saturated heterocycles. The van der Waals surface area contributed by atoms with Crippen molar-refractivity contribution in [2.45, 2.75) is 144 Å². The molecule has 0 spiro atoms. The Bertz CT molecular complexity index is 1590. The molecular weight excluding hydrogens is 1060 g/mol. The monoisotopic (exact) mass is 1110 g/mol. The first-order valence-electron chi connectivity index (χ1n) is 17.2. The first-order valence-corrected chi connectivity index (χ1v) is 19.4. The summed E-state index contributed by atoms with van der Waals surface area (Å²) in [5, 5.41) is 18.5. The van der Waals surface area contributed by atoms with Crippen LogP contribution in [0.4, 0.5) is 52.7 Å². The summed E-state index contributed by atoms with van der Waals surface area (Å²) in [5.41, 5.74) is -11.4. The average molecular weight is 1110 g/mol. The number of benzene rings is 1. The Morgan fingerprint density at radius 1 is 0.678 bits per heavy atom. The van der Waals surface area contributed by atoms with Crippen LogP contribution in [-0.2, 0) is 23.9 Å². The Morgan fingerprint density at radius 2 is 1.07 bits per heavy atom. The number of carboxylic acid groups (broad SMARTS) is 1. The maximum atomic E-state index is 13.0. The van der Waals surface area contributed by atoms with Crippen LogP contribution in [0.2, 0.25) is 0 Å². The van der Waals surface area contributed by atoms with Gasteiger partial charge < -0.3 is 24.4 Å². The van der Waals surface area contributed by atoms with Gasteiger partial charge in [0.25, 0.3) is 11.5 Å². The molecule has 0 atom stereocenters. The van der Waals surface area contributed by atoms with Crippen molar-refractivity contribution in [2.24, 2.45) is 16.2 Å². The van der Waals surface area contributed by atoms with E-state index in [-0.39, 0.29) is 17.7 Å². The van der Waals surface area contributed by atoms with E-state index < -0.39 is 95.0 Å². The van der Waals surface area contributed by atoms with Gasteiger partial charge in [-0.15, -0.1) is 0 Å². The summed E-state index contributed by atoms with van der Waals surface area (Å²) in [6, 6.07) is 3.27. The number of rotatable bonds is 15. The smallest absolute Gasteiger partial charge is 0.430 e. The van der Waals surface area contributed by atoms with Crippen molar-refractivity contribution >= 4 is 69.1 Å². The Labute approximate surface area is 360 Å². The van der Waals surface area contributed by atoms with Crippen LogP contribution in [0.3, 0.4) is 0 Å². The van der Waals surface area contributed by atoms with E-state index in [0.717, 1.165) is 3.57 Å². The van der Waals surface area contributed by atoms with E-state index in [0.29, 0.717) is 30.3 Å². The predicted octanol–water partition coefficient (Wildman–Crippen LogP) is 11.4. The third-order valence-corrected chi connectivity index (χ3v) is 10.4. The van der Waals surface area contributed by atoms with E-state index in [1.54, 1.807) is 26.8 Å². The molecule has 1 rings (SSSR count). The van der Waals surface area contributed by atoms with E-state index in [2.05, 4.69) is 9.47 Å². The molecule has 1 aromatic rings. The van der Waals surface area contributed by atoms with E-state index >= 15 is 0 Å². The molecule has 0 fully saturated rings. The summed E-state index contributed by atoms with van der Waals surface area (Å²) in [5.74, 6) is -12.7. The number of ether oxygens (including phenoxy) is 3. The molecule has 0 aromatic heterocycles. The van der Waals surface area contributed by atoms with Crippen LogP contribution in [0, 0.1) is 23.4 Å². The van der Waals surface area contributed by atoms with Crippen LogP contribution in [-0.4, -0.2) is 82.5 Å². The fraction of sp³-hybridized carbons (Fsp3) is 0.722. The summed E-state index contributed by atoms with van der Waals surface area (Å²) in [7, 11) is 0. The maximum Gasteiger partial charge on any atom is 0.430 e. The van der Waals surface area contributed by atoms with Gasteiger partial charge in [0.2, 0.25) is 0 Å². The number of esters is 3. The van der Waals surface area contributed by atoms with Gasteiger partial charge in [0.1, 0.15) is 5.56 Å². The van der Waals surface area contributed by atoms with E-state index in [1.165, 1.54) is 40.7 Å². The SMILES string of the molecule is CCC(C)(C)C(=O)OC(C)(C)C(O)(C(F)(F)F)C(F)(F)F.CCC(C)(C)C(=O)OCC(F)(F)CC(F)(F)C(F)F.CCC(C)(C)C(=O)Oc1c(I)cc(I)cc1C(=O)O. The first kappa shape index (κ1) is 58.8. The molecule has 0 aliphatic rings. The van der Waals surface area contributed by atoms with Crippen molar-refractivity contribution < 1.29 is 96.3 Å². The number of hydrogen-bond donors (Lipinski definition) is 2. The lowest BCUT2D eigenvalue weighted by molar-refractivity contribution is -0.408. The molecule has 0 aliphatic carbocycles. The lowest BCUT2D eigenvalue weighted by Gasteiger charge is -2.44. The van der Waals surface area contributed by atoms with Crippen molar-refractivity contribution in [3.8, 4) is 5.75 Å². The fourth-order valence-corrected chi connectivity index (χ4v) is 5.57. The number of carbonyl (C=O) groups excluding carboxylic acids is 3. The van der Waals surface area contributed by atoms with Gasteiger partial charge in [-0.3, -0.25) is 14.4 Å². The molecule has 0 bridgehead atoms. The van der Waals surface area contributed by atoms with Crippen molar-refractivity contribution in [2.75, 3.05) is 6.61 Å². The molecule has 0 heterocycles. The minimum atomic E-state index is -6.06. The second-order valence-corrected chi connectivity index (χ2v) is 17.9. The summed E-state index contributed by atoms with van der Waals surface area (Å²) in [4.78, 5) is 46.4. The molecular formula is C36H48F12I2O9. The number of alkyl halides is 12. The lowest BCUT2D eigenvalue weighted by Crippen LogP contribution is -2.70. The standard InChI is InChI=1S/C13H14I2O4.C12H18F6O3.C11H16F6O2/c1-4-13(2,3)12(18)19-10-8(11(16)17)5-7(14)6-9(10)15;1-6-8(2,3)7(19)21-9(4,5)10(20,11(13,14)15)12(16,17)18;1-4-9(2,3)8(18)19-6-10(14,15)5-11(16,17)7(12)13/h5-6H,4H2,1-3H3,(H,16,17);20H,6H2,1-5H3;7H,4-6H2,1-3H3. The second-order valence-electron chi connectivity index (χ2n) is 15.4. The number of carboxylic acids is 1. The molecule has 0 radical (unpaired) electrons. The molecule has 1 aromatic carbocycles. The Morgan fingerprint density at radius 3 is 1.42 bits per heavy atom. The largest absolute Gasteiger partial charge is 0.478 e. The number of hydrogen-bond acceptors (Lipinski definition) is 8. The average Bonchev–Trinajstić information content (AvgIpc) is 3.06. The highest BCUT2D eigenvalue weighted by atomic mass is 127. The van der Waals surface area contributed by atoms with Gasteiger partial charge in [-0.2, -0.15) is 26.3 Å². The first-order chi connectivity index (χ1) is 26.0. The lowest BCUT2D eigenvalue weighted by atomic mass is 9.83. The number of aromatic carboxylic acids is 1. The maximum absolute atomic E-state index is 13.0. The zero-order valence-corrected chi connectivity index (χ0v) is 38.1. The van der Waals surface area contributed by atoms with Crippen molar-refractivity contribution in [1.82, 2.24) is 0 Å². The minimum absolute atomic E-state index is 0.0107. The van der Waals surface area contributed by atoms with Crippen LogP contribution in [0.25, 0.3) is 0 Å². The number of halogens is 14. The van der Waals surface area contributed by atoms with Gasteiger partial charge in [0, 0.05) is 3.57 Å². The van der Waals surface area contributed by atoms with Crippen molar-refractivity contribution in [3.05, 3.63) is 24.8 Å². The Balaban J connectivity index is 0. The highest BCUT2D eigenvalue weighted by Gasteiger charge is 2.78. The summed E-state index contributed by atoms with van der Waals surface area (Å²) >= 11 is 4.00. The predicted molar refractivity (Wildman–Crippen MR) is 205 cm³/mol. The summed E-state index contributed by atoms with van der Waals surface area (Å²) in [6.07, 6.45) is -17.6. The molecule has 0 amide bonds. The summed E-state index contributed by atoms with van der Waals surface area (Å²) < 4.78 is 167. The van der Waals surface area contributed by atoms with Gasteiger partial charge in [0.05, 0.1) is 26.2 Å². The van der Waals surface area contributed by atoms with Gasteiger partial charge >= 0.3 is 48.6 Å². The summed E-state index contributed by atoms with van der Waals surface area (Å²) in [6.45, 7) is 13.2.